The lowest BCUT2D eigenvalue weighted by Gasteiger charge is -2.34. The van der Waals surface area contributed by atoms with Gasteiger partial charge in [-0.25, -0.2) is 9.97 Å². The number of rotatable bonds is 9. The third kappa shape index (κ3) is 6.48. The Labute approximate surface area is 363 Å². The molecule has 1 aliphatic rings. The molecule has 0 radical (unpaired) electrons. The van der Waals surface area contributed by atoms with Crippen molar-refractivity contribution in [3.8, 4) is 56.2 Å². The van der Waals surface area contributed by atoms with Gasteiger partial charge in [0.15, 0.2) is 5.82 Å². The summed E-state index contributed by atoms with van der Waals surface area (Å²) in [6.07, 6.45) is 0. The summed E-state index contributed by atoms with van der Waals surface area (Å²) in [5, 5.41) is 0. The quantitative estimate of drug-likeness (QED) is 0.146. The monoisotopic (exact) mass is 791 g/mol. The van der Waals surface area contributed by atoms with Crippen LogP contribution in [0.2, 0.25) is 0 Å². The number of aromatic nitrogens is 2. The fourth-order valence-electron chi connectivity index (χ4n) is 9.30. The number of fused-ring (bicyclic) bond motifs is 3. The first-order chi connectivity index (χ1) is 30.7. The Hall–Kier alpha value is -8.14. The van der Waals surface area contributed by atoms with E-state index >= 15 is 0 Å². The average Bonchev–Trinajstić information content (AvgIpc) is 3.66. The van der Waals surface area contributed by atoms with Crippen LogP contribution < -0.4 is 4.90 Å². The number of anilines is 3. The molecule has 0 aliphatic heterocycles. The van der Waals surface area contributed by atoms with Crippen molar-refractivity contribution in [3.05, 3.63) is 271 Å². The molecule has 9 aromatic carbocycles. The number of benzene rings is 9. The van der Waals surface area contributed by atoms with Crippen molar-refractivity contribution in [2.75, 3.05) is 4.90 Å². The number of hydrogen-bond donors (Lipinski definition) is 0. The van der Waals surface area contributed by atoms with E-state index in [-0.39, 0.29) is 0 Å². The van der Waals surface area contributed by atoms with Gasteiger partial charge in [0.2, 0.25) is 0 Å². The van der Waals surface area contributed by atoms with Crippen LogP contribution >= 0.6 is 0 Å². The molecule has 3 nitrogen and oxygen atoms in total. The molecule has 1 heterocycles. The minimum Gasteiger partial charge on any atom is -0.311 e. The smallest absolute Gasteiger partial charge is 0.160 e. The summed E-state index contributed by atoms with van der Waals surface area (Å²) >= 11 is 0. The van der Waals surface area contributed by atoms with Crippen LogP contribution in [0.5, 0.6) is 0 Å². The Balaban J connectivity index is 1.04. The lowest BCUT2D eigenvalue weighted by atomic mass is 9.67. The summed E-state index contributed by atoms with van der Waals surface area (Å²) in [5.74, 6) is 0.697. The van der Waals surface area contributed by atoms with Crippen LogP contribution in [0.4, 0.5) is 17.1 Å². The predicted molar refractivity (Wildman–Crippen MR) is 256 cm³/mol. The van der Waals surface area contributed by atoms with Crippen molar-refractivity contribution in [2.24, 2.45) is 0 Å². The van der Waals surface area contributed by atoms with E-state index in [9.17, 15) is 0 Å². The van der Waals surface area contributed by atoms with Gasteiger partial charge in [-0.05, 0) is 93.0 Å². The van der Waals surface area contributed by atoms with Crippen LogP contribution in [0.1, 0.15) is 22.3 Å². The molecule has 0 N–H and O–H groups in total. The van der Waals surface area contributed by atoms with E-state index in [1.165, 1.54) is 33.4 Å². The molecule has 1 aliphatic carbocycles. The van der Waals surface area contributed by atoms with Crippen molar-refractivity contribution in [2.45, 2.75) is 5.41 Å². The summed E-state index contributed by atoms with van der Waals surface area (Å²) in [6, 6.07) is 88.8. The summed E-state index contributed by atoms with van der Waals surface area (Å²) in [5.41, 5.74) is 17.3. The number of nitrogens with zero attached hydrogens (tertiary/aromatic N) is 3. The Morgan fingerprint density at radius 2 is 0.710 bits per heavy atom. The highest BCUT2D eigenvalue weighted by Gasteiger charge is 2.46. The molecule has 0 fully saturated rings. The first-order valence-electron chi connectivity index (χ1n) is 21.2. The third-order valence-electron chi connectivity index (χ3n) is 12.2. The lowest BCUT2D eigenvalue weighted by molar-refractivity contribution is 0.768. The minimum absolute atomic E-state index is 0.587. The number of hydrogen-bond acceptors (Lipinski definition) is 3. The van der Waals surface area contributed by atoms with Gasteiger partial charge in [0.25, 0.3) is 0 Å². The fourth-order valence-corrected chi connectivity index (χ4v) is 9.30. The van der Waals surface area contributed by atoms with Crippen molar-refractivity contribution < 1.29 is 0 Å². The Kier molecular flexibility index (Phi) is 9.40. The fraction of sp³-hybridized carbons (Fsp3) is 0.0169. The van der Waals surface area contributed by atoms with Crippen molar-refractivity contribution in [1.82, 2.24) is 9.97 Å². The van der Waals surface area contributed by atoms with Gasteiger partial charge in [0.05, 0.1) is 16.8 Å². The van der Waals surface area contributed by atoms with E-state index in [2.05, 4.69) is 241 Å². The SMILES string of the molecule is c1ccc(-c2cc(-c3ccccc3)nc(-c3ccc4c(c3)C(c3ccccc3)(c3ccc(-c5ccc(N(c6ccccc6)c6ccccc6)cc5)cc3)c3ccccc3-4)n2)cc1. The van der Waals surface area contributed by atoms with E-state index in [0.29, 0.717) is 5.82 Å². The van der Waals surface area contributed by atoms with Gasteiger partial charge in [-0.15, -0.1) is 0 Å². The van der Waals surface area contributed by atoms with Gasteiger partial charge in [0.1, 0.15) is 0 Å². The van der Waals surface area contributed by atoms with Crippen LogP contribution in [0, 0.1) is 0 Å². The predicted octanol–water partition coefficient (Wildman–Crippen LogP) is 15.0. The summed E-state index contributed by atoms with van der Waals surface area (Å²) in [6.45, 7) is 0. The zero-order chi connectivity index (χ0) is 41.3. The normalized spacial score (nSPS) is 13.9. The molecule has 0 spiro atoms. The van der Waals surface area contributed by atoms with Crippen molar-refractivity contribution in [3.63, 3.8) is 0 Å². The highest BCUT2D eigenvalue weighted by molar-refractivity contribution is 5.88. The summed E-state index contributed by atoms with van der Waals surface area (Å²) < 4.78 is 0. The molecule has 62 heavy (non-hydrogen) atoms. The van der Waals surface area contributed by atoms with Gasteiger partial charge in [-0.1, -0.05) is 200 Å². The van der Waals surface area contributed by atoms with E-state index in [1.54, 1.807) is 0 Å². The molecule has 0 saturated carbocycles. The largest absolute Gasteiger partial charge is 0.311 e. The van der Waals surface area contributed by atoms with Crippen LogP contribution in [0.3, 0.4) is 0 Å². The summed E-state index contributed by atoms with van der Waals surface area (Å²) in [4.78, 5) is 12.8. The summed E-state index contributed by atoms with van der Waals surface area (Å²) in [7, 11) is 0. The maximum absolute atomic E-state index is 5.25. The molecule has 1 unspecified atom stereocenters. The molecular weight excluding hydrogens is 751 g/mol. The topological polar surface area (TPSA) is 29.0 Å². The van der Waals surface area contributed by atoms with Gasteiger partial charge < -0.3 is 4.90 Å². The molecule has 0 amide bonds. The van der Waals surface area contributed by atoms with E-state index in [4.69, 9.17) is 9.97 Å². The van der Waals surface area contributed by atoms with E-state index in [0.717, 1.165) is 56.3 Å². The van der Waals surface area contributed by atoms with Crippen LogP contribution in [-0.2, 0) is 5.41 Å². The molecule has 10 aromatic rings. The molecule has 0 saturated heterocycles. The molecule has 11 rings (SSSR count). The lowest BCUT2D eigenvalue weighted by Crippen LogP contribution is -2.28. The van der Waals surface area contributed by atoms with E-state index in [1.807, 2.05) is 12.1 Å². The Morgan fingerprint density at radius 3 is 1.27 bits per heavy atom. The number of para-hydroxylation sites is 2. The molecule has 0 bridgehead atoms. The van der Waals surface area contributed by atoms with Crippen molar-refractivity contribution >= 4 is 17.1 Å². The zero-order valence-electron chi connectivity index (χ0n) is 34.0. The van der Waals surface area contributed by atoms with Gasteiger partial charge >= 0.3 is 0 Å². The molecule has 292 valence electrons. The van der Waals surface area contributed by atoms with E-state index < -0.39 is 5.41 Å². The van der Waals surface area contributed by atoms with Gasteiger partial charge in [0, 0.05) is 33.8 Å². The Bertz CT molecular complexity index is 3040. The maximum Gasteiger partial charge on any atom is 0.160 e. The molecule has 1 atom stereocenters. The second kappa shape index (κ2) is 15.8. The zero-order valence-corrected chi connectivity index (χ0v) is 34.0. The van der Waals surface area contributed by atoms with Crippen molar-refractivity contribution in [1.29, 1.82) is 0 Å². The molecular formula is C59H41N3. The maximum atomic E-state index is 5.25. The van der Waals surface area contributed by atoms with Crippen LogP contribution in [0.15, 0.2) is 249 Å². The average molecular weight is 792 g/mol. The first kappa shape index (κ1) is 36.9. The second-order valence-electron chi connectivity index (χ2n) is 15.7. The standard InChI is InChI=1S/C59H41N3/c1-6-18-44(19-7-1)56-41-57(45-20-8-2-9-21-45)61-58(60-56)46-34-39-53-52-28-16-17-29-54(52)59(55(53)40-46,47-22-10-3-11-23-47)48-35-30-42(31-36-48)43-32-37-51(38-33-43)62(49-24-12-4-13-25-49)50-26-14-5-15-27-50/h1-41H. The van der Waals surface area contributed by atoms with Gasteiger partial charge in [-0.2, -0.15) is 0 Å². The molecule has 3 heteroatoms. The first-order valence-corrected chi connectivity index (χ1v) is 21.2. The van der Waals surface area contributed by atoms with Crippen LogP contribution in [0.25, 0.3) is 56.2 Å². The molecule has 1 aromatic heterocycles. The second-order valence-corrected chi connectivity index (χ2v) is 15.7. The Morgan fingerprint density at radius 1 is 0.290 bits per heavy atom. The highest BCUT2D eigenvalue weighted by atomic mass is 15.1. The highest BCUT2D eigenvalue weighted by Crippen LogP contribution is 2.57. The van der Waals surface area contributed by atoms with Gasteiger partial charge in [-0.3, -0.25) is 0 Å². The minimum atomic E-state index is -0.587. The van der Waals surface area contributed by atoms with Crippen LogP contribution in [-0.4, -0.2) is 9.97 Å². The third-order valence-corrected chi connectivity index (χ3v) is 12.2.